The largest absolute Gasteiger partial charge is 0.361 e. The third-order valence-electron chi connectivity index (χ3n) is 4.47. The summed E-state index contributed by atoms with van der Waals surface area (Å²) in [5.74, 6) is 0.0335. The zero-order valence-corrected chi connectivity index (χ0v) is 14.3. The van der Waals surface area contributed by atoms with Crippen molar-refractivity contribution in [1.82, 2.24) is 20.5 Å². The molecule has 4 rings (SSSR count). The van der Waals surface area contributed by atoms with Gasteiger partial charge in [0.2, 0.25) is 5.91 Å². The smallest absolute Gasteiger partial charge is 0.220 e. The average Bonchev–Trinajstić information content (AvgIpc) is 3.33. The van der Waals surface area contributed by atoms with Gasteiger partial charge in [0.1, 0.15) is 0 Å². The van der Waals surface area contributed by atoms with Crippen LogP contribution in [0.25, 0.3) is 22.2 Å². The van der Waals surface area contributed by atoms with Gasteiger partial charge >= 0.3 is 0 Å². The fourth-order valence-electron chi connectivity index (χ4n) is 3.08. The lowest BCUT2D eigenvalue weighted by atomic mass is 10.1. The zero-order chi connectivity index (χ0) is 17.8. The van der Waals surface area contributed by atoms with Crippen LogP contribution in [0, 0.1) is 0 Å². The highest BCUT2D eigenvalue weighted by Crippen LogP contribution is 2.19. The van der Waals surface area contributed by atoms with Gasteiger partial charge in [-0.15, -0.1) is 0 Å². The van der Waals surface area contributed by atoms with Crippen LogP contribution in [-0.4, -0.2) is 21.1 Å². The van der Waals surface area contributed by atoms with E-state index in [9.17, 15) is 4.79 Å². The van der Waals surface area contributed by atoms with Crippen molar-refractivity contribution >= 4 is 16.8 Å². The molecule has 1 amide bonds. The summed E-state index contributed by atoms with van der Waals surface area (Å²) in [4.78, 5) is 15.4. The van der Waals surface area contributed by atoms with Crippen LogP contribution in [0.5, 0.6) is 0 Å². The molecular weight excluding hydrogens is 324 g/mol. The molecular formula is C21H20N4O. The lowest BCUT2D eigenvalue weighted by Gasteiger charge is -2.03. The van der Waals surface area contributed by atoms with Gasteiger partial charge in [0, 0.05) is 29.1 Å². The fourth-order valence-corrected chi connectivity index (χ4v) is 3.08. The van der Waals surface area contributed by atoms with Gasteiger partial charge in [0.05, 0.1) is 17.9 Å². The molecule has 0 saturated carbocycles. The van der Waals surface area contributed by atoms with E-state index in [-0.39, 0.29) is 5.91 Å². The number of nitrogens with one attached hydrogen (secondary N) is 3. The van der Waals surface area contributed by atoms with E-state index < -0.39 is 0 Å². The molecule has 0 unspecified atom stereocenters. The number of rotatable bonds is 6. The van der Waals surface area contributed by atoms with Crippen molar-refractivity contribution in [2.75, 3.05) is 0 Å². The Bertz CT molecular complexity index is 1020. The van der Waals surface area contributed by atoms with Gasteiger partial charge in [-0.05, 0) is 24.1 Å². The molecule has 0 aliphatic heterocycles. The number of benzene rings is 2. The molecule has 0 saturated heterocycles. The van der Waals surface area contributed by atoms with Crippen molar-refractivity contribution in [2.45, 2.75) is 19.4 Å². The first-order chi connectivity index (χ1) is 12.8. The lowest BCUT2D eigenvalue weighted by molar-refractivity contribution is -0.121. The number of amides is 1. The maximum Gasteiger partial charge on any atom is 0.220 e. The van der Waals surface area contributed by atoms with Crippen molar-refractivity contribution in [2.24, 2.45) is 0 Å². The number of aromatic amines is 2. The van der Waals surface area contributed by atoms with Crippen LogP contribution in [0.15, 0.2) is 66.9 Å². The Kier molecular flexibility index (Phi) is 4.51. The molecule has 4 aromatic rings. The Morgan fingerprint density at radius 3 is 2.73 bits per heavy atom. The van der Waals surface area contributed by atoms with Crippen LogP contribution in [0.2, 0.25) is 0 Å². The molecule has 2 heterocycles. The molecule has 0 fully saturated rings. The quantitative estimate of drug-likeness (QED) is 0.498. The molecule has 0 bridgehead atoms. The van der Waals surface area contributed by atoms with E-state index in [1.54, 1.807) is 0 Å². The Morgan fingerprint density at radius 2 is 1.85 bits per heavy atom. The van der Waals surface area contributed by atoms with E-state index >= 15 is 0 Å². The average molecular weight is 344 g/mol. The molecule has 0 aliphatic rings. The van der Waals surface area contributed by atoms with E-state index in [0.29, 0.717) is 19.4 Å². The van der Waals surface area contributed by atoms with Gasteiger partial charge < -0.3 is 10.3 Å². The molecule has 2 aromatic heterocycles. The molecule has 2 aromatic carbocycles. The number of fused-ring (bicyclic) bond motifs is 1. The molecule has 3 N–H and O–H groups in total. The second kappa shape index (κ2) is 7.27. The standard InChI is InChI=1S/C21H20N4O/c26-21(11-10-16-13-22-19-9-5-4-8-18(16)19)23-14-17-12-20(25-24-17)15-6-2-1-3-7-15/h1-9,12-13,22H,10-11,14H2,(H,23,26)(H,24,25). The summed E-state index contributed by atoms with van der Waals surface area (Å²) < 4.78 is 0. The number of carbonyl (C=O) groups excluding carboxylic acids is 1. The maximum absolute atomic E-state index is 12.2. The maximum atomic E-state index is 12.2. The Balaban J connectivity index is 1.31. The van der Waals surface area contributed by atoms with Gasteiger partial charge in [-0.3, -0.25) is 9.89 Å². The third-order valence-corrected chi connectivity index (χ3v) is 4.47. The Morgan fingerprint density at radius 1 is 1.04 bits per heavy atom. The van der Waals surface area contributed by atoms with Crippen molar-refractivity contribution in [3.8, 4) is 11.3 Å². The number of carbonyl (C=O) groups is 1. The number of aromatic nitrogens is 3. The number of nitrogens with zero attached hydrogens (tertiary/aromatic N) is 1. The van der Waals surface area contributed by atoms with Gasteiger partial charge in [-0.1, -0.05) is 48.5 Å². The third kappa shape index (κ3) is 3.52. The van der Waals surface area contributed by atoms with Crippen LogP contribution >= 0.6 is 0 Å². The Labute approximate surface area is 151 Å². The fraction of sp³-hybridized carbons (Fsp3) is 0.143. The normalized spacial score (nSPS) is 10.9. The first kappa shape index (κ1) is 16.1. The predicted molar refractivity (Wildman–Crippen MR) is 102 cm³/mol. The summed E-state index contributed by atoms with van der Waals surface area (Å²) in [5.41, 5.74) is 5.11. The second-order valence-corrected chi connectivity index (χ2v) is 6.28. The van der Waals surface area contributed by atoms with E-state index in [2.05, 4.69) is 26.6 Å². The minimum Gasteiger partial charge on any atom is -0.361 e. The summed E-state index contributed by atoms with van der Waals surface area (Å²) in [7, 11) is 0. The highest BCUT2D eigenvalue weighted by Gasteiger charge is 2.08. The minimum absolute atomic E-state index is 0.0335. The molecule has 5 nitrogen and oxygen atoms in total. The zero-order valence-electron chi connectivity index (χ0n) is 14.3. The molecule has 0 radical (unpaired) electrons. The van der Waals surface area contributed by atoms with Crippen molar-refractivity contribution in [3.05, 3.63) is 78.1 Å². The second-order valence-electron chi connectivity index (χ2n) is 6.28. The van der Waals surface area contributed by atoms with Gasteiger partial charge in [0.25, 0.3) is 0 Å². The lowest BCUT2D eigenvalue weighted by Crippen LogP contribution is -2.23. The SMILES string of the molecule is O=C(CCc1c[nH]c2ccccc12)NCc1cc(-c2ccccc2)n[nH]1. The van der Waals surface area contributed by atoms with Crippen LogP contribution < -0.4 is 5.32 Å². The molecule has 0 aliphatic carbocycles. The van der Waals surface area contributed by atoms with Gasteiger partial charge in [0.15, 0.2) is 0 Å². The summed E-state index contributed by atoms with van der Waals surface area (Å²) in [5, 5.41) is 11.4. The topological polar surface area (TPSA) is 73.6 Å². The number of hydrogen-bond acceptors (Lipinski definition) is 2. The van der Waals surface area contributed by atoms with Crippen LogP contribution in [0.4, 0.5) is 0 Å². The predicted octanol–water partition coefficient (Wildman–Crippen LogP) is 3.81. The molecule has 26 heavy (non-hydrogen) atoms. The van der Waals surface area contributed by atoms with E-state index in [4.69, 9.17) is 0 Å². The van der Waals surface area contributed by atoms with Crippen molar-refractivity contribution < 1.29 is 4.79 Å². The van der Waals surface area contributed by atoms with E-state index in [0.717, 1.165) is 22.5 Å². The first-order valence-corrected chi connectivity index (χ1v) is 8.71. The number of hydrogen-bond donors (Lipinski definition) is 3. The van der Waals surface area contributed by atoms with Crippen molar-refractivity contribution in [1.29, 1.82) is 0 Å². The summed E-state index contributed by atoms with van der Waals surface area (Å²) in [6, 6.07) is 20.1. The van der Waals surface area contributed by atoms with Gasteiger partial charge in [-0.2, -0.15) is 5.10 Å². The monoisotopic (exact) mass is 344 g/mol. The van der Waals surface area contributed by atoms with E-state index in [1.165, 1.54) is 10.9 Å². The van der Waals surface area contributed by atoms with E-state index in [1.807, 2.05) is 60.8 Å². The highest BCUT2D eigenvalue weighted by molar-refractivity contribution is 5.84. The highest BCUT2D eigenvalue weighted by atomic mass is 16.1. The number of para-hydroxylation sites is 1. The first-order valence-electron chi connectivity index (χ1n) is 8.71. The number of aryl methyl sites for hydroxylation is 1. The van der Waals surface area contributed by atoms with Crippen molar-refractivity contribution in [3.63, 3.8) is 0 Å². The van der Waals surface area contributed by atoms with Crippen LogP contribution in [0.1, 0.15) is 17.7 Å². The molecule has 5 heteroatoms. The molecule has 0 spiro atoms. The summed E-state index contributed by atoms with van der Waals surface area (Å²) in [6.45, 7) is 0.451. The minimum atomic E-state index is 0.0335. The van der Waals surface area contributed by atoms with Gasteiger partial charge in [-0.25, -0.2) is 0 Å². The number of H-pyrrole nitrogens is 2. The summed E-state index contributed by atoms with van der Waals surface area (Å²) in [6.07, 6.45) is 3.16. The molecule has 0 atom stereocenters. The van der Waals surface area contributed by atoms with Crippen LogP contribution in [0.3, 0.4) is 0 Å². The Hall–Kier alpha value is -3.34. The summed E-state index contributed by atoms with van der Waals surface area (Å²) >= 11 is 0. The molecule has 130 valence electrons. The van der Waals surface area contributed by atoms with Crippen LogP contribution in [-0.2, 0) is 17.8 Å².